The Bertz CT molecular complexity index is 751. The SMILES string of the molecule is C[C@H](NCc1ccc2ccccc2c1)c1cccc(Cl)c1. The van der Waals surface area contributed by atoms with Gasteiger partial charge in [0.15, 0.2) is 0 Å². The lowest BCUT2D eigenvalue weighted by atomic mass is 10.1. The predicted octanol–water partition coefficient (Wildman–Crippen LogP) is 5.34. The topological polar surface area (TPSA) is 12.0 Å². The molecular formula is C19H18ClN. The third-order valence-electron chi connectivity index (χ3n) is 3.77. The van der Waals surface area contributed by atoms with Gasteiger partial charge in [0.1, 0.15) is 0 Å². The molecule has 1 nitrogen and oxygen atoms in total. The second-order valence-electron chi connectivity index (χ2n) is 5.34. The predicted molar refractivity (Wildman–Crippen MR) is 90.7 cm³/mol. The minimum absolute atomic E-state index is 0.273. The molecule has 0 bridgehead atoms. The van der Waals surface area contributed by atoms with E-state index in [4.69, 9.17) is 11.6 Å². The zero-order valence-corrected chi connectivity index (χ0v) is 12.8. The van der Waals surface area contributed by atoms with Crippen LogP contribution in [0.1, 0.15) is 24.1 Å². The van der Waals surface area contributed by atoms with Crippen LogP contribution < -0.4 is 5.32 Å². The van der Waals surface area contributed by atoms with E-state index in [9.17, 15) is 0 Å². The second kappa shape index (κ2) is 6.30. The lowest BCUT2D eigenvalue weighted by Gasteiger charge is -2.15. The molecule has 3 aromatic rings. The lowest BCUT2D eigenvalue weighted by Crippen LogP contribution is -2.17. The molecule has 0 unspecified atom stereocenters. The number of benzene rings is 3. The van der Waals surface area contributed by atoms with E-state index < -0.39 is 0 Å². The first-order chi connectivity index (χ1) is 10.2. The van der Waals surface area contributed by atoms with Gasteiger partial charge < -0.3 is 5.32 Å². The van der Waals surface area contributed by atoms with Gasteiger partial charge in [0.2, 0.25) is 0 Å². The largest absolute Gasteiger partial charge is 0.306 e. The average Bonchev–Trinajstić information content (AvgIpc) is 2.52. The summed E-state index contributed by atoms with van der Waals surface area (Å²) in [4.78, 5) is 0. The summed E-state index contributed by atoms with van der Waals surface area (Å²) in [7, 11) is 0. The molecule has 0 fully saturated rings. The summed E-state index contributed by atoms with van der Waals surface area (Å²) in [5.41, 5.74) is 2.51. The molecule has 106 valence electrons. The minimum atomic E-state index is 0.273. The first-order valence-corrected chi connectivity index (χ1v) is 7.57. The van der Waals surface area contributed by atoms with E-state index in [0.717, 1.165) is 11.6 Å². The van der Waals surface area contributed by atoms with Crippen LogP contribution in [-0.2, 0) is 6.54 Å². The maximum atomic E-state index is 6.04. The summed E-state index contributed by atoms with van der Waals surface area (Å²) >= 11 is 6.04. The van der Waals surface area contributed by atoms with Gasteiger partial charge in [-0.1, -0.05) is 60.1 Å². The maximum absolute atomic E-state index is 6.04. The molecule has 0 saturated heterocycles. The molecule has 0 aromatic heterocycles. The normalized spacial score (nSPS) is 12.5. The van der Waals surface area contributed by atoms with Crippen molar-refractivity contribution >= 4 is 22.4 Å². The standard InChI is InChI=1S/C19H18ClN/c1-14(17-7-4-8-19(20)12-17)21-13-15-9-10-16-5-2-3-6-18(16)11-15/h2-12,14,21H,13H2,1H3/t14-/m0/s1. The van der Waals surface area contributed by atoms with Crippen molar-refractivity contribution in [3.05, 3.63) is 82.9 Å². The van der Waals surface area contributed by atoms with Crippen molar-refractivity contribution in [3.8, 4) is 0 Å². The van der Waals surface area contributed by atoms with Crippen molar-refractivity contribution in [2.45, 2.75) is 19.5 Å². The molecule has 0 saturated carbocycles. The fourth-order valence-electron chi connectivity index (χ4n) is 2.51. The van der Waals surface area contributed by atoms with Crippen LogP contribution in [0.3, 0.4) is 0 Å². The number of hydrogen-bond acceptors (Lipinski definition) is 1. The zero-order valence-electron chi connectivity index (χ0n) is 12.0. The first-order valence-electron chi connectivity index (χ1n) is 7.19. The van der Waals surface area contributed by atoms with Gasteiger partial charge in [-0.15, -0.1) is 0 Å². The van der Waals surface area contributed by atoms with Crippen molar-refractivity contribution in [3.63, 3.8) is 0 Å². The quantitative estimate of drug-likeness (QED) is 0.684. The molecule has 1 N–H and O–H groups in total. The van der Waals surface area contributed by atoms with Crippen LogP contribution in [0.25, 0.3) is 10.8 Å². The minimum Gasteiger partial charge on any atom is -0.306 e. The number of halogens is 1. The maximum Gasteiger partial charge on any atom is 0.0409 e. The van der Waals surface area contributed by atoms with Gasteiger partial charge in [-0.05, 0) is 47.0 Å². The fraction of sp³-hybridized carbons (Fsp3) is 0.158. The molecule has 2 heteroatoms. The smallest absolute Gasteiger partial charge is 0.0409 e. The fourth-order valence-corrected chi connectivity index (χ4v) is 2.71. The molecule has 3 aromatic carbocycles. The van der Waals surface area contributed by atoms with Crippen LogP contribution in [-0.4, -0.2) is 0 Å². The highest BCUT2D eigenvalue weighted by Gasteiger charge is 2.05. The Morgan fingerprint density at radius 1 is 0.905 bits per heavy atom. The highest BCUT2D eigenvalue weighted by atomic mass is 35.5. The Kier molecular flexibility index (Phi) is 4.23. The molecule has 0 amide bonds. The Morgan fingerprint density at radius 3 is 2.52 bits per heavy atom. The summed E-state index contributed by atoms with van der Waals surface area (Å²) in [5.74, 6) is 0. The number of hydrogen-bond donors (Lipinski definition) is 1. The van der Waals surface area contributed by atoms with Crippen LogP contribution in [0.4, 0.5) is 0 Å². The molecule has 1 atom stereocenters. The molecule has 0 heterocycles. The van der Waals surface area contributed by atoms with E-state index in [1.54, 1.807) is 0 Å². The van der Waals surface area contributed by atoms with Gasteiger partial charge in [0.05, 0.1) is 0 Å². The van der Waals surface area contributed by atoms with Crippen molar-refractivity contribution in [1.29, 1.82) is 0 Å². The van der Waals surface area contributed by atoms with E-state index in [1.165, 1.54) is 21.9 Å². The zero-order chi connectivity index (χ0) is 14.7. The van der Waals surface area contributed by atoms with Gasteiger partial charge in [0, 0.05) is 17.6 Å². The summed E-state index contributed by atoms with van der Waals surface area (Å²) in [6, 6.07) is 23.3. The second-order valence-corrected chi connectivity index (χ2v) is 5.78. The Morgan fingerprint density at radius 2 is 1.71 bits per heavy atom. The summed E-state index contributed by atoms with van der Waals surface area (Å²) in [6.45, 7) is 3.01. The number of nitrogens with one attached hydrogen (secondary N) is 1. The van der Waals surface area contributed by atoms with Crippen LogP contribution >= 0.6 is 11.6 Å². The van der Waals surface area contributed by atoms with Crippen molar-refractivity contribution in [1.82, 2.24) is 5.32 Å². The average molecular weight is 296 g/mol. The van der Waals surface area contributed by atoms with Gasteiger partial charge in [0.25, 0.3) is 0 Å². The van der Waals surface area contributed by atoms with E-state index in [1.807, 2.05) is 18.2 Å². The van der Waals surface area contributed by atoms with E-state index in [0.29, 0.717) is 0 Å². The first kappa shape index (κ1) is 14.1. The molecule has 0 aliphatic carbocycles. The number of fused-ring (bicyclic) bond motifs is 1. The van der Waals surface area contributed by atoms with Crippen molar-refractivity contribution in [2.75, 3.05) is 0 Å². The van der Waals surface area contributed by atoms with Gasteiger partial charge in [-0.3, -0.25) is 0 Å². The van der Waals surface area contributed by atoms with E-state index >= 15 is 0 Å². The monoisotopic (exact) mass is 295 g/mol. The summed E-state index contributed by atoms with van der Waals surface area (Å²) < 4.78 is 0. The highest BCUT2D eigenvalue weighted by Crippen LogP contribution is 2.19. The van der Waals surface area contributed by atoms with Crippen LogP contribution in [0.5, 0.6) is 0 Å². The molecule has 0 aliphatic heterocycles. The molecule has 0 radical (unpaired) electrons. The molecule has 0 spiro atoms. The van der Waals surface area contributed by atoms with Crippen molar-refractivity contribution in [2.24, 2.45) is 0 Å². The Balaban J connectivity index is 1.71. The summed E-state index contributed by atoms with van der Waals surface area (Å²) in [6.07, 6.45) is 0. The van der Waals surface area contributed by atoms with Crippen LogP contribution in [0.15, 0.2) is 66.7 Å². The van der Waals surface area contributed by atoms with Crippen molar-refractivity contribution < 1.29 is 0 Å². The Labute approximate surface area is 130 Å². The third-order valence-corrected chi connectivity index (χ3v) is 4.01. The Hall–Kier alpha value is -1.83. The lowest BCUT2D eigenvalue weighted by molar-refractivity contribution is 0.575. The van der Waals surface area contributed by atoms with Crippen LogP contribution in [0, 0.1) is 0 Å². The molecule has 3 rings (SSSR count). The van der Waals surface area contributed by atoms with Gasteiger partial charge in [-0.25, -0.2) is 0 Å². The van der Waals surface area contributed by atoms with E-state index in [2.05, 4.69) is 60.8 Å². The summed E-state index contributed by atoms with van der Waals surface area (Å²) in [5, 5.41) is 6.90. The van der Waals surface area contributed by atoms with Gasteiger partial charge >= 0.3 is 0 Å². The third kappa shape index (κ3) is 3.44. The van der Waals surface area contributed by atoms with E-state index in [-0.39, 0.29) is 6.04 Å². The molecule has 0 aliphatic rings. The molecular weight excluding hydrogens is 278 g/mol. The highest BCUT2D eigenvalue weighted by molar-refractivity contribution is 6.30. The van der Waals surface area contributed by atoms with Gasteiger partial charge in [-0.2, -0.15) is 0 Å². The number of rotatable bonds is 4. The molecule has 21 heavy (non-hydrogen) atoms. The van der Waals surface area contributed by atoms with Crippen LogP contribution in [0.2, 0.25) is 5.02 Å².